The van der Waals surface area contributed by atoms with Crippen LogP contribution in [0.5, 0.6) is 34.5 Å². The van der Waals surface area contributed by atoms with E-state index in [1.54, 1.807) is 0 Å². The second-order valence-electron chi connectivity index (χ2n) is 26.7. The molecular formula is C72H78N6O9. The molecule has 87 heavy (non-hydrogen) atoms. The molecule has 6 aliphatic carbocycles. The zero-order valence-electron chi connectivity index (χ0n) is 49.5. The number of ether oxygens (including phenoxy) is 6. The topological polar surface area (TPSA) is 179 Å². The summed E-state index contributed by atoms with van der Waals surface area (Å²) in [6.45, 7) is 1.50. The molecule has 7 aromatic carbocycles. The van der Waals surface area contributed by atoms with Crippen LogP contribution in [-0.4, -0.2) is 71.7 Å². The van der Waals surface area contributed by atoms with Crippen molar-refractivity contribution in [1.29, 1.82) is 0 Å². The van der Waals surface area contributed by atoms with Crippen LogP contribution in [0.3, 0.4) is 0 Å². The van der Waals surface area contributed by atoms with E-state index < -0.39 is 34.0 Å². The van der Waals surface area contributed by atoms with Gasteiger partial charge in [-0.3, -0.25) is 0 Å². The van der Waals surface area contributed by atoms with Gasteiger partial charge in [-0.25, -0.2) is 14.4 Å². The lowest BCUT2D eigenvalue weighted by molar-refractivity contribution is -0.222. The molecule has 15 heteroatoms. The fourth-order valence-electron chi connectivity index (χ4n) is 18.0. The summed E-state index contributed by atoms with van der Waals surface area (Å²) in [4.78, 5) is 42.4. The summed E-state index contributed by atoms with van der Waals surface area (Å²) in [6.07, 6.45) is 17.8. The van der Waals surface area contributed by atoms with Crippen LogP contribution in [0.1, 0.15) is 132 Å². The van der Waals surface area contributed by atoms with Crippen molar-refractivity contribution in [1.82, 2.24) is 31.9 Å². The first kappa shape index (κ1) is 54.3. The number of benzene rings is 7. The molecule has 0 saturated heterocycles. The highest BCUT2D eigenvalue weighted by Crippen LogP contribution is 2.63. The van der Waals surface area contributed by atoms with Gasteiger partial charge < -0.3 is 60.3 Å². The van der Waals surface area contributed by atoms with E-state index >= 15 is 0 Å². The number of amides is 6. The largest absolute Gasteiger partial charge is 0.446 e. The van der Waals surface area contributed by atoms with Crippen LogP contribution in [0.15, 0.2) is 127 Å². The molecule has 6 saturated carbocycles. The van der Waals surface area contributed by atoms with Gasteiger partial charge in [-0.1, -0.05) is 130 Å². The molecule has 3 heterocycles. The first-order valence-corrected chi connectivity index (χ1v) is 32.6. The van der Waals surface area contributed by atoms with E-state index in [-0.39, 0.29) is 35.8 Å². The fraction of sp³-hybridized carbons (Fsp3) is 0.458. The minimum Gasteiger partial charge on any atom is -0.446 e. The molecule has 9 aliphatic rings. The summed E-state index contributed by atoms with van der Waals surface area (Å²) in [6, 6.07) is 42.9. The van der Waals surface area contributed by atoms with Gasteiger partial charge in [0.2, 0.25) is 0 Å². The number of rotatable bonds is 12. The Hall–Kier alpha value is -8.07. The molecule has 6 N–H and O–H groups in total. The zero-order chi connectivity index (χ0) is 58.4. The molecule has 3 spiro atoms. The predicted octanol–water partition coefficient (Wildman–Crippen LogP) is 13.3. The maximum atomic E-state index is 14.1. The van der Waals surface area contributed by atoms with Gasteiger partial charge in [0.1, 0.15) is 16.6 Å². The van der Waals surface area contributed by atoms with Crippen molar-refractivity contribution in [2.24, 2.45) is 17.8 Å². The van der Waals surface area contributed by atoms with Gasteiger partial charge in [-0.15, -0.1) is 0 Å². The maximum absolute atomic E-state index is 14.1. The summed E-state index contributed by atoms with van der Waals surface area (Å²) >= 11 is 0. The van der Waals surface area contributed by atoms with E-state index in [1.165, 1.54) is 16.7 Å². The normalized spacial score (nSPS) is 30.1. The third kappa shape index (κ3) is 8.80. The molecule has 0 atom stereocenters. The van der Waals surface area contributed by atoms with Crippen LogP contribution in [0.25, 0.3) is 32.3 Å². The predicted molar refractivity (Wildman–Crippen MR) is 333 cm³/mol. The van der Waals surface area contributed by atoms with Gasteiger partial charge in [0.15, 0.2) is 34.5 Å². The lowest BCUT2D eigenvalue weighted by Crippen LogP contribution is -2.75. The van der Waals surface area contributed by atoms with Gasteiger partial charge in [0.25, 0.3) is 17.4 Å². The first-order valence-electron chi connectivity index (χ1n) is 32.6. The van der Waals surface area contributed by atoms with Crippen molar-refractivity contribution >= 4 is 50.4 Å². The Labute approximate surface area is 507 Å². The molecule has 0 radical (unpaired) electrons. The Morgan fingerprint density at radius 3 is 0.770 bits per heavy atom. The van der Waals surface area contributed by atoms with Gasteiger partial charge in [0.05, 0.1) is 0 Å². The van der Waals surface area contributed by atoms with Crippen molar-refractivity contribution in [3.63, 3.8) is 0 Å². The van der Waals surface area contributed by atoms with E-state index in [0.29, 0.717) is 54.1 Å². The van der Waals surface area contributed by atoms with Crippen LogP contribution in [0.4, 0.5) is 14.4 Å². The SMILES string of the molecule is O=C(NCCc1ccccc1)NC12CCCC(CCC1)C21Oc2cc3c4cc5c(cc4c4cc6c(cc4c3cc2O1)OC1(O6)C2CCCC1(NC(=O)NCCc1ccccc1)CCC2)OC1(O5)C2CCCC1(NC(=O)NCCc1ccccc1)CCC2. The third-order valence-corrected chi connectivity index (χ3v) is 21.9. The molecule has 3 aliphatic heterocycles. The number of nitrogens with one attached hydrogen (secondary N) is 6. The number of carbonyl (C=O) groups excluding carboxylic acids is 3. The smallest absolute Gasteiger partial charge is 0.315 e. The molecule has 0 aromatic heterocycles. The summed E-state index contributed by atoms with van der Waals surface area (Å²) in [5.74, 6) is 0.582. The number of carbonyl (C=O) groups is 3. The highest BCUT2D eigenvalue weighted by Gasteiger charge is 2.70. The molecule has 16 rings (SSSR count). The number of hydrogen-bond acceptors (Lipinski definition) is 9. The fourth-order valence-corrected chi connectivity index (χ4v) is 18.0. The maximum Gasteiger partial charge on any atom is 0.315 e. The van der Waals surface area contributed by atoms with Gasteiger partial charge in [-0.05, 0) is 182 Å². The highest BCUT2D eigenvalue weighted by atomic mass is 16.8. The van der Waals surface area contributed by atoms with Crippen molar-refractivity contribution in [3.05, 3.63) is 144 Å². The average Bonchev–Trinajstić information content (AvgIpc) is 1.60. The van der Waals surface area contributed by atoms with Crippen LogP contribution >= 0.6 is 0 Å². The van der Waals surface area contributed by atoms with Gasteiger partial charge in [-0.2, -0.15) is 0 Å². The van der Waals surface area contributed by atoms with Gasteiger partial charge >= 0.3 is 18.1 Å². The molecule has 450 valence electrons. The monoisotopic (exact) mass is 1170 g/mol. The standard InChI is InChI=1S/C72H78N6O9/c79-64(73-37-28-46-16-4-1-5-17-46)76-67-31-10-22-49(23-11-32-67)70(67)82-58-40-52-53(41-59(58)83-70)55-43-61-63(87-72(85-61)51-26-14-35-69(72,36-15-27-51)78-66(81)75-39-30-48-20-8-3-9-21-48)45-57(55)56-44-62-60(42-54(52)56)84-71(86-62)50-24-12-33-68(71,34-13-25-50)77-65(80)74-38-29-47-18-6-2-7-19-47/h1-9,16-21,40-45,49-51H,10-15,22-39H2,(H2,73,76,79)(H2,74,77,80)(H2,75,78,81). The molecule has 0 unspecified atom stereocenters. The lowest BCUT2D eigenvalue weighted by atomic mass is 9.62. The number of fused-ring (bicyclic) bond motifs is 9. The van der Waals surface area contributed by atoms with E-state index in [9.17, 15) is 14.4 Å². The van der Waals surface area contributed by atoms with E-state index in [1.807, 2.05) is 54.6 Å². The minimum atomic E-state index is -1.12. The number of urea groups is 3. The molecular weight excluding hydrogens is 1090 g/mol. The Morgan fingerprint density at radius 1 is 0.333 bits per heavy atom. The molecule has 6 bridgehead atoms. The third-order valence-electron chi connectivity index (χ3n) is 21.9. The first-order chi connectivity index (χ1) is 42.6. The van der Waals surface area contributed by atoms with E-state index in [0.717, 1.165) is 167 Å². The quantitative estimate of drug-likeness (QED) is 0.0650. The van der Waals surface area contributed by atoms with Crippen molar-refractivity contribution in [2.75, 3.05) is 19.6 Å². The van der Waals surface area contributed by atoms with Crippen molar-refractivity contribution in [2.45, 2.75) is 169 Å². The Morgan fingerprint density at radius 2 is 0.552 bits per heavy atom. The van der Waals surface area contributed by atoms with Crippen LogP contribution < -0.4 is 60.3 Å². The molecule has 7 aromatic rings. The van der Waals surface area contributed by atoms with Crippen LogP contribution in [0, 0.1) is 17.8 Å². The Balaban J connectivity index is 0.782. The lowest BCUT2D eigenvalue weighted by Gasteiger charge is -2.56. The van der Waals surface area contributed by atoms with Crippen molar-refractivity contribution < 1.29 is 42.8 Å². The summed E-state index contributed by atoms with van der Waals surface area (Å²) in [7, 11) is 0. The van der Waals surface area contributed by atoms with Crippen LogP contribution in [-0.2, 0) is 19.3 Å². The Bertz CT molecular complexity index is 3290. The molecule has 15 nitrogen and oxygen atoms in total. The molecule has 6 fully saturated rings. The average molecular weight is 1170 g/mol. The zero-order valence-corrected chi connectivity index (χ0v) is 49.5. The van der Waals surface area contributed by atoms with E-state index in [4.69, 9.17) is 28.4 Å². The second kappa shape index (κ2) is 21.1. The summed E-state index contributed by atoms with van der Waals surface area (Å²) in [5.41, 5.74) is 1.17. The Kier molecular flexibility index (Phi) is 13.2. The summed E-state index contributed by atoms with van der Waals surface area (Å²) in [5, 5.41) is 25.7. The molecule has 6 amide bonds. The van der Waals surface area contributed by atoms with Gasteiger partial charge in [0, 0.05) is 37.4 Å². The van der Waals surface area contributed by atoms with Crippen molar-refractivity contribution in [3.8, 4) is 34.5 Å². The second-order valence-corrected chi connectivity index (χ2v) is 26.7. The number of hydrogen-bond donors (Lipinski definition) is 6. The van der Waals surface area contributed by atoms with Crippen LogP contribution in [0.2, 0.25) is 0 Å². The minimum absolute atomic E-state index is 0.0484. The van der Waals surface area contributed by atoms with E-state index in [2.05, 4.69) is 105 Å². The highest BCUT2D eigenvalue weighted by molar-refractivity contribution is 6.27. The summed E-state index contributed by atoms with van der Waals surface area (Å²) < 4.78 is 44.5.